The third kappa shape index (κ3) is 6.66. The lowest BCUT2D eigenvalue weighted by molar-refractivity contribution is -0.0226. The molecule has 0 radical (unpaired) electrons. The van der Waals surface area contributed by atoms with E-state index in [-0.39, 0.29) is 13.2 Å². The van der Waals surface area contributed by atoms with Crippen molar-refractivity contribution < 1.29 is 24.1 Å². The third-order valence-corrected chi connectivity index (χ3v) is 7.02. The topological polar surface area (TPSA) is 122 Å². The number of aliphatic hydroxyl groups excluding tert-OH is 1. The second-order valence-electron chi connectivity index (χ2n) is 7.79. The van der Waals surface area contributed by atoms with Gasteiger partial charge in [0.05, 0.1) is 24.2 Å². The molecule has 0 saturated heterocycles. The summed E-state index contributed by atoms with van der Waals surface area (Å²) in [6.45, 7) is 7.08. The van der Waals surface area contributed by atoms with Crippen molar-refractivity contribution in [3.05, 3.63) is 30.1 Å². The van der Waals surface area contributed by atoms with Crippen LogP contribution in [-0.4, -0.2) is 62.7 Å². The van der Waals surface area contributed by atoms with Crippen LogP contribution in [0.1, 0.15) is 26.6 Å². The molecule has 0 aliphatic heterocycles. The van der Waals surface area contributed by atoms with Crippen LogP contribution >= 0.6 is 21.6 Å². The Hall–Kier alpha value is -2.21. The molecule has 2 heterocycles. The van der Waals surface area contributed by atoms with Gasteiger partial charge in [0.2, 0.25) is 0 Å². The van der Waals surface area contributed by atoms with E-state index in [1.54, 1.807) is 0 Å². The standard InChI is InChI=1S/C22H30N4O5S2/c1-4-29-13-17-25-18-19(15-7-5-6-8-16(15)24-20(18)23)26(17)14-22(2,3)31-21(28)30-10-12-33-32-11-9-27/h5-8,27H,4,9-14H2,1-3H3,(H2,23,24). The van der Waals surface area contributed by atoms with Gasteiger partial charge in [0.15, 0.2) is 5.82 Å². The van der Waals surface area contributed by atoms with Gasteiger partial charge in [0.1, 0.15) is 30.2 Å². The van der Waals surface area contributed by atoms with E-state index in [9.17, 15) is 4.79 Å². The van der Waals surface area contributed by atoms with E-state index in [2.05, 4.69) is 4.98 Å². The summed E-state index contributed by atoms with van der Waals surface area (Å²) in [5.41, 5.74) is 7.53. The fourth-order valence-corrected chi connectivity index (χ4v) is 4.96. The zero-order valence-corrected chi connectivity index (χ0v) is 20.7. The molecule has 1 aromatic carbocycles. The van der Waals surface area contributed by atoms with E-state index in [4.69, 9.17) is 30.0 Å². The summed E-state index contributed by atoms with van der Waals surface area (Å²) < 4.78 is 18.5. The molecule has 0 bridgehead atoms. The maximum atomic E-state index is 12.3. The van der Waals surface area contributed by atoms with Crippen LogP contribution in [0.2, 0.25) is 0 Å². The summed E-state index contributed by atoms with van der Waals surface area (Å²) in [6.07, 6.45) is -0.727. The number of benzene rings is 1. The second-order valence-corrected chi connectivity index (χ2v) is 10.5. The number of anilines is 1. The number of hydrogen-bond acceptors (Lipinski definition) is 10. The lowest BCUT2D eigenvalue weighted by Gasteiger charge is -2.26. The quantitative estimate of drug-likeness (QED) is 0.217. The Labute approximate surface area is 200 Å². The SMILES string of the molecule is CCOCc1nc2c(N)nc3ccccc3c2n1CC(C)(C)OC(=O)OCCSSCCO. The highest BCUT2D eigenvalue weighted by atomic mass is 33.1. The molecule has 3 aromatic rings. The predicted molar refractivity (Wildman–Crippen MR) is 133 cm³/mol. The highest BCUT2D eigenvalue weighted by molar-refractivity contribution is 8.76. The Morgan fingerprint density at radius 1 is 1.21 bits per heavy atom. The first kappa shape index (κ1) is 25.4. The van der Waals surface area contributed by atoms with Crippen molar-refractivity contribution in [1.29, 1.82) is 0 Å². The Morgan fingerprint density at radius 3 is 2.73 bits per heavy atom. The number of pyridine rings is 1. The number of carbonyl (C=O) groups is 1. The molecule has 0 unspecified atom stereocenters. The average Bonchev–Trinajstić information content (AvgIpc) is 3.12. The molecule has 0 aliphatic rings. The molecule has 0 aliphatic carbocycles. The number of imidazole rings is 1. The van der Waals surface area contributed by atoms with E-state index < -0.39 is 11.8 Å². The van der Waals surface area contributed by atoms with Crippen molar-refractivity contribution in [3.8, 4) is 0 Å². The number of fused-ring (bicyclic) bond motifs is 3. The van der Waals surface area contributed by atoms with Gasteiger partial charge in [-0.15, -0.1) is 0 Å². The van der Waals surface area contributed by atoms with Crippen molar-refractivity contribution in [2.45, 2.75) is 39.5 Å². The largest absolute Gasteiger partial charge is 0.508 e. The van der Waals surface area contributed by atoms with Crippen LogP contribution in [0, 0.1) is 0 Å². The Balaban J connectivity index is 1.82. The van der Waals surface area contributed by atoms with Crippen molar-refractivity contribution in [2.24, 2.45) is 0 Å². The number of ether oxygens (including phenoxy) is 3. The van der Waals surface area contributed by atoms with Crippen LogP contribution in [0.25, 0.3) is 21.9 Å². The first-order valence-electron chi connectivity index (χ1n) is 10.7. The molecule has 0 spiro atoms. The number of carbonyl (C=O) groups excluding carboxylic acids is 1. The van der Waals surface area contributed by atoms with Crippen LogP contribution in [-0.2, 0) is 27.4 Å². The molecule has 0 saturated carbocycles. The minimum Gasteiger partial charge on any atom is -0.433 e. The summed E-state index contributed by atoms with van der Waals surface area (Å²) in [4.78, 5) is 21.5. The zero-order valence-electron chi connectivity index (χ0n) is 19.1. The van der Waals surface area contributed by atoms with E-state index in [1.165, 1.54) is 21.6 Å². The molecular weight excluding hydrogens is 464 g/mol. The number of nitrogen functional groups attached to an aromatic ring is 1. The highest BCUT2D eigenvalue weighted by Crippen LogP contribution is 2.31. The van der Waals surface area contributed by atoms with Crippen molar-refractivity contribution >= 4 is 55.5 Å². The molecule has 0 amide bonds. The van der Waals surface area contributed by atoms with Gasteiger partial charge in [-0.25, -0.2) is 14.8 Å². The first-order valence-corrected chi connectivity index (χ1v) is 13.2. The summed E-state index contributed by atoms with van der Waals surface area (Å²) in [6, 6.07) is 7.73. The predicted octanol–water partition coefficient (Wildman–Crippen LogP) is 4.01. The molecule has 0 fully saturated rings. The van der Waals surface area contributed by atoms with Gasteiger partial charge < -0.3 is 29.6 Å². The molecule has 180 valence electrons. The van der Waals surface area contributed by atoms with Crippen LogP contribution in [0.15, 0.2) is 24.3 Å². The number of para-hydroxylation sites is 1. The van der Waals surface area contributed by atoms with Crippen LogP contribution in [0.4, 0.5) is 10.6 Å². The molecule has 0 atom stereocenters. The summed E-state index contributed by atoms with van der Waals surface area (Å²) in [5.74, 6) is 2.28. The van der Waals surface area contributed by atoms with E-state index >= 15 is 0 Å². The number of rotatable bonds is 12. The Kier molecular flexibility index (Phi) is 9.07. The Bertz CT molecular complexity index is 1090. The average molecular weight is 495 g/mol. The van der Waals surface area contributed by atoms with Gasteiger partial charge in [0, 0.05) is 23.5 Å². The summed E-state index contributed by atoms with van der Waals surface area (Å²) in [5, 5.41) is 9.70. The molecule has 3 rings (SSSR count). The number of nitrogens with zero attached hydrogens (tertiary/aromatic N) is 3. The van der Waals surface area contributed by atoms with Crippen molar-refractivity contribution in [2.75, 3.05) is 37.1 Å². The lowest BCUT2D eigenvalue weighted by atomic mass is 10.1. The molecular formula is C22H30N4O5S2. The maximum absolute atomic E-state index is 12.3. The van der Waals surface area contributed by atoms with E-state index in [0.29, 0.717) is 48.4 Å². The summed E-state index contributed by atoms with van der Waals surface area (Å²) in [7, 11) is 3.06. The smallest absolute Gasteiger partial charge is 0.433 e. The van der Waals surface area contributed by atoms with E-state index in [1.807, 2.05) is 49.6 Å². The highest BCUT2D eigenvalue weighted by Gasteiger charge is 2.28. The van der Waals surface area contributed by atoms with Gasteiger partial charge in [-0.05, 0) is 26.8 Å². The molecule has 2 aromatic heterocycles. The van der Waals surface area contributed by atoms with Gasteiger partial charge in [0.25, 0.3) is 0 Å². The van der Waals surface area contributed by atoms with Crippen LogP contribution < -0.4 is 5.73 Å². The van der Waals surface area contributed by atoms with Gasteiger partial charge >= 0.3 is 6.16 Å². The molecule has 33 heavy (non-hydrogen) atoms. The maximum Gasteiger partial charge on any atom is 0.508 e. The third-order valence-electron chi connectivity index (χ3n) is 4.67. The number of aromatic nitrogens is 3. The Morgan fingerprint density at radius 2 is 1.97 bits per heavy atom. The zero-order chi connectivity index (χ0) is 23.8. The molecule has 11 heteroatoms. The summed E-state index contributed by atoms with van der Waals surface area (Å²) >= 11 is 0. The molecule has 3 N–H and O–H groups in total. The van der Waals surface area contributed by atoms with Crippen molar-refractivity contribution in [3.63, 3.8) is 0 Å². The number of aliphatic hydroxyl groups is 1. The second kappa shape index (κ2) is 11.8. The number of nitrogens with two attached hydrogens (primary N) is 1. The minimum absolute atomic E-state index is 0.125. The van der Waals surface area contributed by atoms with E-state index in [0.717, 1.165) is 16.4 Å². The minimum atomic E-state index is -0.885. The first-order chi connectivity index (χ1) is 15.9. The fraction of sp³-hybridized carbons (Fsp3) is 0.500. The van der Waals surface area contributed by atoms with Gasteiger partial charge in [-0.1, -0.05) is 39.8 Å². The van der Waals surface area contributed by atoms with Crippen LogP contribution in [0.3, 0.4) is 0 Å². The lowest BCUT2D eigenvalue weighted by Crippen LogP contribution is -2.34. The number of hydrogen-bond donors (Lipinski definition) is 2. The molecule has 9 nitrogen and oxygen atoms in total. The van der Waals surface area contributed by atoms with Gasteiger partial charge in [-0.3, -0.25) is 0 Å². The van der Waals surface area contributed by atoms with Crippen LogP contribution in [0.5, 0.6) is 0 Å². The normalized spacial score (nSPS) is 11.9. The monoisotopic (exact) mass is 494 g/mol. The fourth-order valence-electron chi connectivity index (χ4n) is 3.36. The van der Waals surface area contributed by atoms with Gasteiger partial charge in [-0.2, -0.15) is 0 Å². The van der Waals surface area contributed by atoms with Crippen molar-refractivity contribution in [1.82, 2.24) is 14.5 Å².